The van der Waals surface area contributed by atoms with Crippen molar-refractivity contribution < 1.29 is 10.2 Å². The predicted octanol–water partition coefficient (Wildman–Crippen LogP) is -2.18. The lowest BCUT2D eigenvalue weighted by atomic mass is 10.3. The van der Waals surface area contributed by atoms with Crippen LogP contribution in [-0.4, -0.2) is 49.1 Å². The van der Waals surface area contributed by atoms with E-state index >= 15 is 0 Å². The van der Waals surface area contributed by atoms with Gasteiger partial charge in [-0.2, -0.15) is 4.98 Å². The first-order chi connectivity index (χ1) is 8.99. The van der Waals surface area contributed by atoms with Gasteiger partial charge in [-0.25, -0.2) is 4.79 Å². The molecule has 0 fully saturated rings. The van der Waals surface area contributed by atoms with Crippen molar-refractivity contribution in [3.05, 3.63) is 20.8 Å². The molecule has 1 atom stereocenters. The first-order valence-corrected chi connectivity index (χ1v) is 5.65. The van der Waals surface area contributed by atoms with Crippen molar-refractivity contribution in [2.45, 2.75) is 12.6 Å². The number of nitrogens with one attached hydrogen (secondary N) is 2. The highest BCUT2D eigenvalue weighted by Gasteiger charge is 2.18. The Balaban J connectivity index is 2.78. The summed E-state index contributed by atoms with van der Waals surface area (Å²) in [6.45, 7) is -0.447. The number of hydrogen-bond donors (Lipinski definition) is 4. The normalized spacial score (nSPS) is 12.8. The predicted molar refractivity (Wildman–Crippen MR) is 68.2 cm³/mol. The van der Waals surface area contributed by atoms with Crippen LogP contribution in [-0.2, 0) is 13.6 Å². The number of aliphatic hydroxyl groups excluding tert-OH is 2. The SMILES string of the molecule is CNc1nc2c(c(=O)[nH]c(=O)n2C)n1CC(O)CO. The van der Waals surface area contributed by atoms with Gasteiger partial charge in [0, 0.05) is 14.1 Å². The zero-order chi connectivity index (χ0) is 14.2. The molecule has 0 saturated heterocycles. The van der Waals surface area contributed by atoms with E-state index < -0.39 is 24.0 Å². The maximum absolute atomic E-state index is 11.9. The van der Waals surface area contributed by atoms with E-state index in [1.807, 2.05) is 0 Å². The zero-order valence-electron chi connectivity index (χ0n) is 10.5. The molecule has 0 aromatic carbocycles. The number of anilines is 1. The number of H-pyrrole nitrogens is 1. The van der Waals surface area contributed by atoms with Crippen LogP contribution in [0.1, 0.15) is 0 Å². The van der Waals surface area contributed by atoms with Crippen molar-refractivity contribution in [2.75, 3.05) is 19.0 Å². The van der Waals surface area contributed by atoms with Gasteiger partial charge in [-0.3, -0.25) is 14.3 Å². The summed E-state index contributed by atoms with van der Waals surface area (Å²) in [6.07, 6.45) is -1.03. The Morgan fingerprint density at radius 3 is 2.74 bits per heavy atom. The molecule has 2 rings (SSSR count). The third-order valence-electron chi connectivity index (χ3n) is 2.83. The zero-order valence-corrected chi connectivity index (χ0v) is 10.5. The molecule has 9 heteroatoms. The van der Waals surface area contributed by atoms with Gasteiger partial charge in [0.05, 0.1) is 19.3 Å². The monoisotopic (exact) mass is 269 g/mol. The Morgan fingerprint density at radius 2 is 2.16 bits per heavy atom. The smallest absolute Gasteiger partial charge is 0.329 e. The summed E-state index contributed by atoms with van der Waals surface area (Å²) in [5, 5.41) is 21.2. The molecule has 0 radical (unpaired) electrons. The molecule has 2 aromatic rings. The lowest BCUT2D eigenvalue weighted by Gasteiger charge is -2.11. The molecular formula is C10H15N5O4. The van der Waals surface area contributed by atoms with E-state index in [9.17, 15) is 14.7 Å². The third-order valence-corrected chi connectivity index (χ3v) is 2.83. The molecule has 0 aliphatic heterocycles. The number of fused-ring (bicyclic) bond motifs is 1. The van der Waals surface area contributed by atoms with E-state index in [-0.39, 0.29) is 17.7 Å². The van der Waals surface area contributed by atoms with Crippen LogP contribution in [0.5, 0.6) is 0 Å². The highest BCUT2D eigenvalue weighted by atomic mass is 16.3. The Labute approximate surface area is 107 Å². The molecule has 4 N–H and O–H groups in total. The van der Waals surface area contributed by atoms with Crippen molar-refractivity contribution in [1.29, 1.82) is 0 Å². The summed E-state index contributed by atoms with van der Waals surface area (Å²) in [7, 11) is 3.09. The third kappa shape index (κ3) is 2.13. The quantitative estimate of drug-likeness (QED) is 0.500. The van der Waals surface area contributed by atoms with Crippen LogP contribution < -0.4 is 16.6 Å². The van der Waals surface area contributed by atoms with Crippen LogP contribution in [0.4, 0.5) is 5.95 Å². The van der Waals surface area contributed by atoms with Gasteiger partial charge in [-0.05, 0) is 0 Å². The summed E-state index contributed by atoms with van der Waals surface area (Å²) < 4.78 is 2.63. The van der Waals surface area contributed by atoms with E-state index in [1.165, 1.54) is 16.2 Å². The Hall–Kier alpha value is -2.13. The number of aromatic amines is 1. The highest BCUT2D eigenvalue weighted by Crippen LogP contribution is 2.15. The maximum Gasteiger partial charge on any atom is 0.329 e. The number of nitrogens with zero attached hydrogens (tertiary/aromatic N) is 3. The number of rotatable bonds is 4. The summed E-state index contributed by atoms with van der Waals surface area (Å²) in [6, 6.07) is 0. The molecule has 0 aliphatic carbocycles. The number of hydrogen-bond acceptors (Lipinski definition) is 6. The summed E-state index contributed by atoms with van der Waals surface area (Å²) >= 11 is 0. The molecule has 2 heterocycles. The summed E-state index contributed by atoms with van der Waals surface area (Å²) in [4.78, 5) is 29.7. The van der Waals surface area contributed by atoms with Gasteiger partial charge in [-0.15, -0.1) is 0 Å². The minimum Gasteiger partial charge on any atom is -0.394 e. The molecule has 0 amide bonds. The lowest BCUT2D eigenvalue weighted by molar-refractivity contribution is 0.0825. The first kappa shape index (κ1) is 13.3. The van der Waals surface area contributed by atoms with Crippen LogP contribution in [0.15, 0.2) is 9.59 Å². The number of imidazole rings is 1. The molecule has 0 spiro atoms. The maximum atomic E-state index is 11.9. The summed E-state index contributed by atoms with van der Waals surface area (Å²) in [5.74, 6) is 0.328. The second-order valence-electron chi connectivity index (χ2n) is 4.12. The Kier molecular flexibility index (Phi) is 3.40. The van der Waals surface area contributed by atoms with Gasteiger partial charge in [0.15, 0.2) is 11.2 Å². The van der Waals surface area contributed by atoms with Gasteiger partial charge in [0.2, 0.25) is 5.95 Å². The molecule has 104 valence electrons. The van der Waals surface area contributed by atoms with Crippen LogP contribution in [0.2, 0.25) is 0 Å². The van der Waals surface area contributed by atoms with Crippen LogP contribution in [0, 0.1) is 0 Å². The topological polar surface area (TPSA) is 125 Å². The fourth-order valence-corrected chi connectivity index (χ4v) is 1.87. The van der Waals surface area contributed by atoms with Gasteiger partial charge in [0.1, 0.15) is 0 Å². The molecule has 0 aliphatic rings. The molecule has 9 nitrogen and oxygen atoms in total. The average Bonchev–Trinajstić information content (AvgIpc) is 2.75. The molecular weight excluding hydrogens is 254 g/mol. The molecule has 2 aromatic heterocycles. The van der Waals surface area contributed by atoms with E-state index in [1.54, 1.807) is 7.05 Å². The molecule has 1 unspecified atom stereocenters. The second kappa shape index (κ2) is 4.86. The molecule has 0 saturated carbocycles. The van der Waals surface area contributed by atoms with Crippen molar-refractivity contribution in [3.8, 4) is 0 Å². The highest BCUT2D eigenvalue weighted by molar-refractivity contribution is 5.74. The largest absolute Gasteiger partial charge is 0.394 e. The van der Waals surface area contributed by atoms with Crippen molar-refractivity contribution in [1.82, 2.24) is 19.1 Å². The van der Waals surface area contributed by atoms with Crippen molar-refractivity contribution >= 4 is 17.1 Å². The van der Waals surface area contributed by atoms with E-state index in [0.29, 0.717) is 5.95 Å². The van der Waals surface area contributed by atoms with Gasteiger partial charge >= 0.3 is 5.69 Å². The van der Waals surface area contributed by atoms with E-state index in [4.69, 9.17) is 5.11 Å². The molecule has 19 heavy (non-hydrogen) atoms. The fourth-order valence-electron chi connectivity index (χ4n) is 1.87. The minimum atomic E-state index is -1.03. The van der Waals surface area contributed by atoms with Crippen LogP contribution in [0.25, 0.3) is 11.2 Å². The molecule has 0 bridgehead atoms. The summed E-state index contributed by atoms with van der Waals surface area (Å²) in [5.41, 5.74) is -0.771. The van der Waals surface area contributed by atoms with E-state index in [2.05, 4.69) is 15.3 Å². The fraction of sp³-hybridized carbons (Fsp3) is 0.500. The van der Waals surface area contributed by atoms with Crippen molar-refractivity contribution in [3.63, 3.8) is 0 Å². The van der Waals surface area contributed by atoms with Crippen molar-refractivity contribution in [2.24, 2.45) is 7.05 Å². The standard InChI is InChI=1S/C10H15N5O4/c1-11-9-12-7-6(15(9)3-5(17)4-16)8(18)13-10(19)14(7)2/h5,16-17H,3-4H2,1-2H3,(H,11,12)(H,13,18,19). The number of aromatic nitrogens is 4. The van der Waals surface area contributed by atoms with E-state index in [0.717, 1.165) is 0 Å². The van der Waals surface area contributed by atoms with Gasteiger partial charge in [-0.1, -0.05) is 0 Å². The minimum absolute atomic E-state index is 0.00947. The second-order valence-corrected chi connectivity index (χ2v) is 4.12. The number of aliphatic hydroxyl groups is 2. The Bertz CT molecular complexity index is 713. The van der Waals surface area contributed by atoms with Crippen LogP contribution in [0.3, 0.4) is 0 Å². The lowest BCUT2D eigenvalue weighted by Crippen LogP contribution is -2.30. The van der Waals surface area contributed by atoms with Gasteiger partial charge < -0.3 is 20.1 Å². The van der Waals surface area contributed by atoms with Crippen LogP contribution >= 0.6 is 0 Å². The first-order valence-electron chi connectivity index (χ1n) is 5.65. The average molecular weight is 269 g/mol. The Morgan fingerprint density at radius 1 is 1.47 bits per heavy atom. The van der Waals surface area contributed by atoms with Gasteiger partial charge in [0.25, 0.3) is 5.56 Å². The number of aryl methyl sites for hydroxylation is 1.